The molecule has 2 aliphatic heterocycles. The number of benzene rings is 3. The first-order valence-electron chi connectivity index (χ1n) is 14.9. The molecule has 3 atom stereocenters. The average Bonchev–Trinajstić information content (AvgIpc) is 3.07. The lowest BCUT2D eigenvalue weighted by atomic mass is 9.60. The van der Waals surface area contributed by atoms with Gasteiger partial charge in [-0.2, -0.15) is 0 Å². The number of imide groups is 1. The summed E-state index contributed by atoms with van der Waals surface area (Å²) >= 11 is 0. The van der Waals surface area contributed by atoms with Crippen molar-refractivity contribution < 1.29 is 24.0 Å². The predicted octanol–water partition coefficient (Wildman–Crippen LogP) is 4.80. The van der Waals surface area contributed by atoms with Gasteiger partial charge in [0.2, 0.25) is 0 Å². The Bertz CT molecular complexity index is 1510. The molecule has 2 aliphatic rings. The molecule has 45 heavy (non-hydrogen) atoms. The molecule has 1 saturated heterocycles. The third kappa shape index (κ3) is 6.58. The Hall–Kier alpha value is -5.03. The van der Waals surface area contributed by atoms with Crippen LogP contribution in [0.1, 0.15) is 36.0 Å². The molecule has 0 radical (unpaired) electrons. The lowest BCUT2D eigenvalue weighted by molar-refractivity contribution is -0.384. The van der Waals surface area contributed by atoms with Crippen LogP contribution in [0.25, 0.3) is 0 Å². The summed E-state index contributed by atoms with van der Waals surface area (Å²) in [4.78, 5) is 52.5. The molecule has 11 nitrogen and oxygen atoms in total. The van der Waals surface area contributed by atoms with E-state index in [9.17, 15) is 24.5 Å². The van der Waals surface area contributed by atoms with Crippen LogP contribution in [0.3, 0.4) is 0 Å². The molecule has 234 valence electrons. The second kappa shape index (κ2) is 13.7. The first-order valence-corrected chi connectivity index (χ1v) is 14.9. The SMILES string of the molecule is COC(=O)C(CN1CCC(c2ccccc2)(c2ccccc2)C(c2ccc([N+](=O)[O-])cc2)C1)C(C)NC(=O)N1CC=CNC1=O. The maximum Gasteiger partial charge on any atom is 0.329 e. The van der Waals surface area contributed by atoms with E-state index in [1.165, 1.54) is 25.4 Å². The highest BCUT2D eigenvalue weighted by Gasteiger charge is 2.47. The highest BCUT2D eigenvalue weighted by atomic mass is 16.6. The minimum Gasteiger partial charge on any atom is -0.469 e. The molecule has 5 rings (SSSR count). The Morgan fingerprint density at radius 1 is 1.04 bits per heavy atom. The minimum absolute atomic E-state index is 0.0182. The third-order valence-electron chi connectivity index (χ3n) is 8.96. The van der Waals surface area contributed by atoms with Crippen LogP contribution in [0.5, 0.6) is 0 Å². The van der Waals surface area contributed by atoms with Crippen molar-refractivity contribution in [2.45, 2.75) is 30.7 Å². The Labute approximate surface area is 262 Å². The van der Waals surface area contributed by atoms with Gasteiger partial charge in [-0.25, -0.2) is 14.5 Å². The number of carbonyl (C=O) groups is 3. The number of non-ortho nitro benzene ring substituents is 1. The molecule has 4 amide bonds. The van der Waals surface area contributed by atoms with Gasteiger partial charge in [0.15, 0.2) is 0 Å². The summed E-state index contributed by atoms with van der Waals surface area (Å²) in [5, 5.41) is 16.8. The van der Waals surface area contributed by atoms with Crippen molar-refractivity contribution in [1.82, 2.24) is 20.4 Å². The quantitative estimate of drug-likeness (QED) is 0.202. The van der Waals surface area contributed by atoms with E-state index in [1.807, 2.05) is 48.5 Å². The van der Waals surface area contributed by atoms with Gasteiger partial charge in [-0.05, 0) is 42.7 Å². The molecule has 2 heterocycles. The van der Waals surface area contributed by atoms with Gasteiger partial charge in [0, 0.05) is 48.8 Å². The van der Waals surface area contributed by atoms with E-state index in [1.54, 1.807) is 13.0 Å². The number of rotatable bonds is 9. The zero-order valence-electron chi connectivity index (χ0n) is 25.3. The number of likely N-dealkylation sites (tertiary alicyclic amines) is 1. The zero-order valence-corrected chi connectivity index (χ0v) is 25.3. The molecule has 0 bridgehead atoms. The van der Waals surface area contributed by atoms with E-state index in [4.69, 9.17) is 4.74 Å². The Kier molecular flexibility index (Phi) is 9.58. The van der Waals surface area contributed by atoms with Crippen molar-refractivity contribution in [3.63, 3.8) is 0 Å². The molecule has 2 N–H and O–H groups in total. The summed E-state index contributed by atoms with van der Waals surface area (Å²) in [5.74, 6) is -1.33. The first kappa shape index (κ1) is 31.4. The van der Waals surface area contributed by atoms with Gasteiger partial charge in [0.25, 0.3) is 5.69 Å². The largest absolute Gasteiger partial charge is 0.469 e. The monoisotopic (exact) mass is 611 g/mol. The van der Waals surface area contributed by atoms with Crippen molar-refractivity contribution in [2.24, 2.45) is 5.92 Å². The van der Waals surface area contributed by atoms with Crippen LogP contribution in [0, 0.1) is 16.0 Å². The third-order valence-corrected chi connectivity index (χ3v) is 8.96. The molecule has 1 fully saturated rings. The molecule has 3 aromatic rings. The van der Waals surface area contributed by atoms with Crippen LogP contribution in [0.2, 0.25) is 0 Å². The van der Waals surface area contributed by atoms with Crippen LogP contribution >= 0.6 is 0 Å². The number of amides is 4. The standard InChI is InChI=1S/C34H37N5O6/c1-24(36-33(42)38-20-9-19-35-32(38)41)29(31(40)45-2)22-37-21-18-34(26-10-5-3-6-11-26,27-12-7-4-8-13-27)30(23-37)25-14-16-28(17-15-25)39(43)44/h3-17,19,24,29-30H,18,20-23H2,1-2H3,(H,35,41)(H,36,42). The fourth-order valence-electron chi connectivity index (χ4n) is 6.59. The molecule has 0 aliphatic carbocycles. The van der Waals surface area contributed by atoms with E-state index in [2.05, 4.69) is 39.8 Å². The molecule has 3 aromatic carbocycles. The van der Waals surface area contributed by atoms with E-state index in [0.717, 1.165) is 21.6 Å². The number of nitro benzene ring substituents is 1. The molecule has 0 spiro atoms. The Morgan fingerprint density at radius 2 is 1.67 bits per heavy atom. The van der Waals surface area contributed by atoms with E-state index < -0.39 is 40.3 Å². The number of nitrogens with one attached hydrogen (secondary N) is 2. The molecule has 3 unspecified atom stereocenters. The smallest absolute Gasteiger partial charge is 0.329 e. The van der Waals surface area contributed by atoms with Crippen LogP contribution in [0.15, 0.2) is 97.2 Å². The van der Waals surface area contributed by atoms with Crippen molar-refractivity contribution >= 4 is 23.7 Å². The van der Waals surface area contributed by atoms with Crippen molar-refractivity contribution in [2.75, 3.05) is 33.3 Å². The number of methoxy groups -OCH3 is 1. The van der Waals surface area contributed by atoms with Gasteiger partial charge < -0.3 is 20.3 Å². The number of nitro groups is 1. The second-order valence-electron chi connectivity index (χ2n) is 11.4. The summed E-state index contributed by atoms with van der Waals surface area (Å²) < 4.78 is 5.17. The minimum atomic E-state index is -0.721. The number of hydrogen-bond donors (Lipinski definition) is 2. The fourth-order valence-corrected chi connectivity index (χ4v) is 6.59. The van der Waals surface area contributed by atoms with Crippen molar-refractivity contribution in [1.29, 1.82) is 0 Å². The summed E-state index contributed by atoms with van der Waals surface area (Å²) in [6, 6.07) is 25.5. The topological polar surface area (TPSA) is 134 Å². The van der Waals surface area contributed by atoms with Gasteiger partial charge in [-0.1, -0.05) is 72.8 Å². The van der Waals surface area contributed by atoms with E-state index in [0.29, 0.717) is 26.1 Å². The van der Waals surface area contributed by atoms with Crippen LogP contribution in [0.4, 0.5) is 15.3 Å². The number of ether oxygens (including phenoxy) is 1. The van der Waals surface area contributed by atoms with Crippen molar-refractivity contribution in [3.05, 3.63) is 124 Å². The summed E-state index contributed by atoms with van der Waals surface area (Å²) in [6.45, 7) is 3.32. The number of carbonyl (C=O) groups excluding carboxylic acids is 3. The summed E-state index contributed by atoms with van der Waals surface area (Å²) in [5.41, 5.74) is 2.78. The van der Waals surface area contributed by atoms with Gasteiger partial charge in [0.1, 0.15) is 0 Å². The number of hydrogen-bond acceptors (Lipinski definition) is 7. The summed E-state index contributed by atoms with van der Waals surface area (Å²) in [6.07, 6.45) is 3.84. The number of piperidine rings is 1. The molecular formula is C34H37N5O6. The number of urea groups is 2. The normalized spacial score (nSPS) is 19.2. The van der Waals surface area contributed by atoms with Gasteiger partial charge in [0.05, 0.1) is 24.5 Å². The maximum atomic E-state index is 13.1. The average molecular weight is 612 g/mol. The van der Waals surface area contributed by atoms with Gasteiger partial charge >= 0.3 is 18.0 Å². The lowest BCUT2D eigenvalue weighted by Crippen LogP contribution is -2.56. The van der Waals surface area contributed by atoms with Gasteiger partial charge in [-0.15, -0.1) is 0 Å². The molecule has 0 saturated carbocycles. The fraction of sp³-hybridized carbons (Fsp3) is 0.324. The Balaban J connectivity index is 1.48. The highest BCUT2D eigenvalue weighted by molar-refractivity contribution is 5.95. The summed E-state index contributed by atoms with van der Waals surface area (Å²) in [7, 11) is 1.32. The molecule has 0 aromatic heterocycles. The lowest BCUT2D eigenvalue weighted by Gasteiger charge is -2.50. The maximum absolute atomic E-state index is 13.1. The van der Waals surface area contributed by atoms with Crippen LogP contribution < -0.4 is 10.6 Å². The van der Waals surface area contributed by atoms with E-state index in [-0.39, 0.29) is 18.2 Å². The Morgan fingerprint density at radius 3 is 2.22 bits per heavy atom. The van der Waals surface area contributed by atoms with Gasteiger partial charge in [-0.3, -0.25) is 14.9 Å². The highest BCUT2D eigenvalue weighted by Crippen LogP contribution is 2.50. The molecular weight excluding hydrogens is 574 g/mol. The number of esters is 1. The van der Waals surface area contributed by atoms with Crippen LogP contribution in [-0.4, -0.2) is 72.1 Å². The second-order valence-corrected chi connectivity index (χ2v) is 11.4. The van der Waals surface area contributed by atoms with E-state index >= 15 is 0 Å². The number of nitrogens with zero attached hydrogens (tertiary/aromatic N) is 3. The first-order chi connectivity index (χ1) is 21.7. The van der Waals surface area contributed by atoms with Crippen molar-refractivity contribution in [3.8, 4) is 0 Å². The molecule has 11 heteroatoms. The van der Waals surface area contributed by atoms with Crippen LogP contribution in [-0.2, 0) is 14.9 Å². The zero-order chi connectivity index (χ0) is 32.0. The predicted molar refractivity (Wildman–Crippen MR) is 168 cm³/mol.